The minimum atomic E-state index is -0.0760. The molecule has 1 fully saturated rings. The van der Waals surface area contributed by atoms with E-state index in [1.807, 2.05) is 0 Å². The normalized spacial score (nSPS) is 20.2. The summed E-state index contributed by atoms with van der Waals surface area (Å²) in [5.74, 6) is 1.57. The van der Waals surface area contributed by atoms with E-state index in [0.717, 1.165) is 25.9 Å². The molecule has 0 radical (unpaired) electrons. The van der Waals surface area contributed by atoms with Gasteiger partial charge in [0.05, 0.1) is 6.54 Å². The molecule has 2 N–H and O–H groups in total. The van der Waals surface area contributed by atoms with Crippen LogP contribution in [0.5, 0.6) is 0 Å². The maximum absolute atomic E-state index is 11.8. The Hall–Kier alpha value is -1.40. The van der Waals surface area contributed by atoms with Gasteiger partial charge in [0, 0.05) is 19.2 Å². The molecule has 2 heterocycles. The number of hydrogen-bond acceptors (Lipinski definition) is 5. The van der Waals surface area contributed by atoms with Crippen LogP contribution in [-0.2, 0) is 4.79 Å². The maximum atomic E-state index is 11.8. The van der Waals surface area contributed by atoms with E-state index in [9.17, 15) is 4.79 Å². The molecule has 1 saturated heterocycles. The van der Waals surface area contributed by atoms with Crippen molar-refractivity contribution in [3.05, 3.63) is 11.8 Å². The van der Waals surface area contributed by atoms with Gasteiger partial charge in [-0.25, -0.2) is 0 Å². The van der Waals surface area contributed by atoms with Gasteiger partial charge in [0.15, 0.2) is 5.82 Å². The van der Waals surface area contributed by atoms with Gasteiger partial charge in [-0.15, -0.1) is 0 Å². The predicted octanol–water partition coefficient (Wildman–Crippen LogP) is 0.626. The van der Waals surface area contributed by atoms with Crippen LogP contribution in [0, 0.1) is 12.8 Å². The Balaban J connectivity index is 1.75. The van der Waals surface area contributed by atoms with Gasteiger partial charge in [-0.2, -0.15) is 0 Å². The lowest BCUT2D eigenvalue weighted by molar-refractivity contribution is -0.117. The van der Waals surface area contributed by atoms with E-state index >= 15 is 0 Å². The third-order valence-corrected chi connectivity index (χ3v) is 3.17. The summed E-state index contributed by atoms with van der Waals surface area (Å²) in [7, 11) is 0. The monoisotopic (exact) mass is 253 g/mol. The Morgan fingerprint density at radius 1 is 1.72 bits per heavy atom. The summed E-state index contributed by atoms with van der Waals surface area (Å²) in [6, 6.07) is 1.69. The molecule has 0 bridgehead atoms. The number of carbonyl (C=O) groups is 1. The fraction of sp³-hybridized carbons (Fsp3) is 0.667. The van der Waals surface area contributed by atoms with E-state index < -0.39 is 0 Å². The van der Waals surface area contributed by atoms with Gasteiger partial charge in [-0.05, 0) is 32.2 Å². The van der Waals surface area contributed by atoms with Gasteiger partial charge in [0.25, 0.3) is 0 Å². The largest absolute Gasteiger partial charge is 0.396 e. The molecule has 1 atom stereocenters. The topological polar surface area (TPSA) is 78.6 Å². The first-order valence-electron chi connectivity index (χ1n) is 6.23. The van der Waals surface area contributed by atoms with E-state index in [0.29, 0.717) is 24.0 Å². The summed E-state index contributed by atoms with van der Waals surface area (Å²) in [5, 5.41) is 15.3. The number of nitrogens with one attached hydrogen (secondary N) is 1. The first kappa shape index (κ1) is 13.0. The lowest BCUT2D eigenvalue weighted by Gasteiger charge is -2.14. The molecule has 1 unspecified atom stereocenters. The maximum Gasteiger partial charge on any atom is 0.239 e. The van der Waals surface area contributed by atoms with Gasteiger partial charge in [-0.1, -0.05) is 5.16 Å². The molecule has 0 spiro atoms. The highest BCUT2D eigenvalue weighted by Crippen LogP contribution is 2.18. The molecule has 0 saturated carbocycles. The van der Waals surface area contributed by atoms with E-state index in [1.54, 1.807) is 13.0 Å². The van der Waals surface area contributed by atoms with Crippen molar-refractivity contribution in [3.63, 3.8) is 0 Å². The average molecular weight is 253 g/mol. The third-order valence-electron chi connectivity index (χ3n) is 3.17. The van der Waals surface area contributed by atoms with Crippen molar-refractivity contribution in [3.8, 4) is 0 Å². The highest BCUT2D eigenvalue weighted by atomic mass is 16.5. The van der Waals surface area contributed by atoms with Gasteiger partial charge in [-0.3, -0.25) is 9.69 Å². The highest BCUT2D eigenvalue weighted by molar-refractivity contribution is 5.91. The zero-order valence-corrected chi connectivity index (χ0v) is 10.6. The predicted molar refractivity (Wildman–Crippen MR) is 66.1 cm³/mol. The zero-order chi connectivity index (χ0) is 13.0. The third kappa shape index (κ3) is 3.54. The number of aliphatic hydroxyl groups excluding tert-OH is 1. The molecule has 1 amide bonds. The smallest absolute Gasteiger partial charge is 0.239 e. The molecule has 1 aliphatic rings. The zero-order valence-electron chi connectivity index (χ0n) is 10.6. The Labute approximate surface area is 106 Å². The summed E-state index contributed by atoms with van der Waals surface area (Å²) >= 11 is 0. The van der Waals surface area contributed by atoms with Crippen LogP contribution >= 0.6 is 0 Å². The standard InChI is InChI=1S/C12H19N3O3/c1-9-6-11(14-18-9)13-12(17)8-15-4-2-10(7-15)3-5-16/h6,10,16H,2-5,7-8H2,1H3,(H,13,14,17). The lowest BCUT2D eigenvalue weighted by atomic mass is 10.1. The Bertz CT molecular complexity index is 405. The van der Waals surface area contributed by atoms with Crippen molar-refractivity contribution >= 4 is 11.7 Å². The molecular weight excluding hydrogens is 234 g/mol. The van der Waals surface area contributed by atoms with Gasteiger partial charge in [0.2, 0.25) is 5.91 Å². The summed E-state index contributed by atoms with van der Waals surface area (Å²) in [5.41, 5.74) is 0. The molecule has 18 heavy (non-hydrogen) atoms. The molecule has 0 aliphatic carbocycles. The molecule has 1 aromatic rings. The van der Waals surface area contributed by atoms with Gasteiger partial charge < -0.3 is 14.9 Å². The summed E-state index contributed by atoms with van der Waals surface area (Å²) in [4.78, 5) is 13.9. The molecule has 1 aliphatic heterocycles. The first-order chi connectivity index (χ1) is 8.67. The highest BCUT2D eigenvalue weighted by Gasteiger charge is 2.23. The van der Waals surface area contributed by atoms with E-state index in [2.05, 4.69) is 15.4 Å². The van der Waals surface area contributed by atoms with Crippen LogP contribution in [0.1, 0.15) is 18.6 Å². The average Bonchev–Trinajstić information content (AvgIpc) is 2.89. The quantitative estimate of drug-likeness (QED) is 0.804. The Kier molecular flexibility index (Phi) is 4.33. The van der Waals surface area contributed by atoms with Crippen molar-refractivity contribution in [2.75, 3.05) is 31.6 Å². The minimum absolute atomic E-state index is 0.0760. The number of aryl methyl sites for hydroxylation is 1. The van der Waals surface area contributed by atoms with Crippen molar-refractivity contribution in [2.24, 2.45) is 5.92 Å². The SMILES string of the molecule is Cc1cc(NC(=O)CN2CCC(CCO)C2)no1. The number of carbonyl (C=O) groups excluding carboxylic acids is 1. The number of rotatable bonds is 5. The van der Waals surface area contributed by atoms with Crippen molar-refractivity contribution < 1.29 is 14.4 Å². The van der Waals surface area contributed by atoms with Crippen LogP contribution in [-0.4, -0.2) is 47.3 Å². The van der Waals surface area contributed by atoms with Crippen LogP contribution in [0.25, 0.3) is 0 Å². The molecule has 2 rings (SSSR count). The number of amides is 1. The number of aliphatic hydroxyl groups is 1. The number of hydrogen-bond donors (Lipinski definition) is 2. The Morgan fingerprint density at radius 3 is 3.22 bits per heavy atom. The molecule has 6 nitrogen and oxygen atoms in total. The van der Waals surface area contributed by atoms with E-state index in [4.69, 9.17) is 9.63 Å². The van der Waals surface area contributed by atoms with E-state index in [1.165, 1.54) is 0 Å². The van der Waals surface area contributed by atoms with Crippen LogP contribution in [0.3, 0.4) is 0 Å². The van der Waals surface area contributed by atoms with Crippen molar-refractivity contribution in [1.29, 1.82) is 0 Å². The number of aromatic nitrogens is 1. The summed E-state index contributed by atoms with van der Waals surface area (Å²) < 4.78 is 4.88. The van der Waals surface area contributed by atoms with Crippen LogP contribution in [0.2, 0.25) is 0 Å². The Morgan fingerprint density at radius 2 is 2.56 bits per heavy atom. The summed E-state index contributed by atoms with van der Waals surface area (Å²) in [6.45, 7) is 4.17. The number of likely N-dealkylation sites (tertiary alicyclic amines) is 1. The van der Waals surface area contributed by atoms with Crippen LogP contribution in [0.4, 0.5) is 5.82 Å². The second-order valence-electron chi connectivity index (χ2n) is 4.77. The fourth-order valence-corrected chi connectivity index (χ4v) is 2.29. The molecule has 1 aromatic heterocycles. The van der Waals surface area contributed by atoms with Crippen molar-refractivity contribution in [1.82, 2.24) is 10.1 Å². The van der Waals surface area contributed by atoms with Crippen LogP contribution in [0.15, 0.2) is 10.6 Å². The molecule has 0 aromatic carbocycles. The second-order valence-corrected chi connectivity index (χ2v) is 4.77. The van der Waals surface area contributed by atoms with Crippen molar-refractivity contribution in [2.45, 2.75) is 19.8 Å². The molecule has 100 valence electrons. The lowest BCUT2D eigenvalue weighted by Crippen LogP contribution is -2.31. The van der Waals surface area contributed by atoms with Gasteiger partial charge >= 0.3 is 0 Å². The van der Waals surface area contributed by atoms with Gasteiger partial charge in [0.1, 0.15) is 5.76 Å². The first-order valence-corrected chi connectivity index (χ1v) is 6.23. The fourth-order valence-electron chi connectivity index (χ4n) is 2.29. The summed E-state index contributed by atoms with van der Waals surface area (Å²) in [6.07, 6.45) is 1.87. The second kappa shape index (κ2) is 5.97. The number of anilines is 1. The number of nitrogens with zero attached hydrogens (tertiary/aromatic N) is 2. The van der Waals surface area contributed by atoms with Crippen LogP contribution < -0.4 is 5.32 Å². The molecule has 6 heteroatoms. The van der Waals surface area contributed by atoms with E-state index in [-0.39, 0.29) is 12.5 Å². The molecular formula is C12H19N3O3. The minimum Gasteiger partial charge on any atom is -0.396 e.